The number of carboxylic acids is 1. The number of nitrogens with zero attached hydrogens (tertiary/aromatic N) is 2. The lowest BCUT2D eigenvalue weighted by Gasteiger charge is -2.25. The van der Waals surface area contributed by atoms with E-state index < -0.39 is 23.8 Å². The molecule has 2 heterocycles. The molecule has 0 radical (unpaired) electrons. The number of imide groups is 2. The fraction of sp³-hybridized carbons (Fsp3) is 0.625. The highest BCUT2D eigenvalue weighted by Crippen LogP contribution is 2.54. The number of fused-ring (bicyclic) bond motifs is 10. The Labute approximate surface area is 185 Å². The van der Waals surface area contributed by atoms with Crippen molar-refractivity contribution in [2.75, 3.05) is 6.54 Å². The number of carboxylic acid groups (broad SMARTS) is 1. The first-order valence-electron chi connectivity index (χ1n) is 11.7. The minimum atomic E-state index is -1.19. The highest BCUT2D eigenvalue weighted by Gasteiger charge is 2.61. The Bertz CT molecular complexity index is 940. The van der Waals surface area contributed by atoms with E-state index in [1.165, 1.54) is 4.90 Å². The second-order valence-electron chi connectivity index (χ2n) is 10.2. The summed E-state index contributed by atoms with van der Waals surface area (Å²) < 4.78 is 0. The molecule has 0 aromatic rings. The zero-order chi connectivity index (χ0) is 22.3. The Morgan fingerprint density at radius 1 is 0.781 bits per heavy atom. The normalized spacial score (nSPS) is 41.4. The Morgan fingerprint density at radius 2 is 1.22 bits per heavy atom. The SMILES string of the molecule is O=C(O)[C@H](CCCCN1C(=O)[C@@H]2[C@H](C1=O)[C@H]1C=C[C@@H]2C1)N1C(=O)[C@@H]2[C@H](C1=O)[C@H]1C=C[C@@H]2C1. The third-order valence-electron chi connectivity index (χ3n) is 8.77. The fourth-order valence-electron chi connectivity index (χ4n) is 7.39. The van der Waals surface area contributed by atoms with Gasteiger partial charge in [-0.05, 0) is 55.8 Å². The number of unbranched alkanes of at least 4 members (excludes halogenated alkanes) is 1. The van der Waals surface area contributed by atoms with Gasteiger partial charge in [-0.3, -0.25) is 29.0 Å². The van der Waals surface area contributed by atoms with Crippen molar-refractivity contribution < 1.29 is 29.1 Å². The van der Waals surface area contributed by atoms with Crippen molar-refractivity contribution in [3.63, 3.8) is 0 Å². The van der Waals surface area contributed by atoms with Crippen molar-refractivity contribution in [1.82, 2.24) is 9.80 Å². The molecule has 2 saturated heterocycles. The molecule has 32 heavy (non-hydrogen) atoms. The van der Waals surface area contributed by atoms with Crippen LogP contribution in [0.15, 0.2) is 24.3 Å². The van der Waals surface area contributed by atoms with Gasteiger partial charge in [0.15, 0.2) is 0 Å². The number of allylic oxidation sites excluding steroid dienone is 4. The number of likely N-dealkylation sites (tertiary alicyclic amines) is 2. The molecule has 8 heteroatoms. The average Bonchev–Trinajstić information content (AvgIpc) is 3.58. The number of carbonyl (C=O) groups is 5. The summed E-state index contributed by atoms with van der Waals surface area (Å²) in [7, 11) is 0. The number of amides is 4. The standard InChI is InChI=1S/C24H26N2O6/c27-20-16-11-4-5-12(9-11)17(16)21(28)25(20)8-2-1-3-15(24(31)32)26-22(29)18-13-6-7-14(10-13)19(18)23(26)30/h4-7,11-19H,1-3,8-10H2,(H,31,32)/t11-,12+,13-,14+,15-,16+,17-,18+,19-/m0/s1. The van der Waals surface area contributed by atoms with Crippen LogP contribution in [0.25, 0.3) is 0 Å². The van der Waals surface area contributed by atoms with Gasteiger partial charge in [0.1, 0.15) is 6.04 Å². The Kier molecular flexibility index (Phi) is 4.26. The molecule has 0 aromatic heterocycles. The van der Waals surface area contributed by atoms with Gasteiger partial charge in [-0.2, -0.15) is 0 Å². The van der Waals surface area contributed by atoms with Gasteiger partial charge in [0.25, 0.3) is 0 Å². The third-order valence-corrected chi connectivity index (χ3v) is 8.77. The molecule has 4 fully saturated rings. The monoisotopic (exact) mass is 438 g/mol. The molecule has 2 saturated carbocycles. The van der Waals surface area contributed by atoms with Crippen LogP contribution in [0.3, 0.4) is 0 Å². The van der Waals surface area contributed by atoms with Crippen molar-refractivity contribution in [2.45, 2.75) is 38.1 Å². The molecule has 168 valence electrons. The van der Waals surface area contributed by atoms with Gasteiger partial charge in [0.05, 0.1) is 23.7 Å². The second-order valence-corrected chi connectivity index (χ2v) is 10.2. The summed E-state index contributed by atoms with van der Waals surface area (Å²) in [4.78, 5) is 65.7. The topological polar surface area (TPSA) is 112 Å². The van der Waals surface area contributed by atoms with Crippen molar-refractivity contribution >= 4 is 29.6 Å². The molecular formula is C24H26N2O6. The zero-order valence-electron chi connectivity index (χ0n) is 17.6. The summed E-state index contributed by atoms with van der Waals surface area (Å²) >= 11 is 0. The first kappa shape index (κ1) is 19.9. The third kappa shape index (κ3) is 2.52. The number of rotatable bonds is 7. The summed E-state index contributed by atoms with van der Waals surface area (Å²) in [6.07, 6.45) is 10.8. The van der Waals surface area contributed by atoms with E-state index in [1.54, 1.807) is 0 Å². The van der Waals surface area contributed by atoms with Gasteiger partial charge in [-0.1, -0.05) is 24.3 Å². The molecule has 4 bridgehead atoms. The van der Waals surface area contributed by atoms with E-state index in [4.69, 9.17) is 0 Å². The van der Waals surface area contributed by atoms with E-state index in [2.05, 4.69) is 12.2 Å². The molecule has 8 nitrogen and oxygen atoms in total. The van der Waals surface area contributed by atoms with Crippen LogP contribution in [0.4, 0.5) is 0 Å². The lowest BCUT2D eigenvalue weighted by molar-refractivity contribution is -0.155. The van der Waals surface area contributed by atoms with E-state index in [1.807, 2.05) is 12.2 Å². The number of hydrogen-bond donors (Lipinski definition) is 1. The van der Waals surface area contributed by atoms with E-state index in [9.17, 15) is 29.1 Å². The Balaban J connectivity index is 1.08. The maximum Gasteiger partial charge on any atom is 0.326 e. The van der Waals surface area contributed by atoms with Gasteiger partial charge in [0, 0.05) is 6.54 Å². The zero-order valence-corrected chi connectivity index (χ0v) is 17.6. The Hall–Kier alpha value is -2.77. The molecule has 4 aliphatic carbocycles. The van der Waals surface area contributed by atoms with Crippen LogP contribution in [0.5, 0.6) is 0 Å². The minimum absolute atomic E-state index is 0.0392. The van der Waals surface area contributed by atoms with Gasteiger partial charge >= 0.3 is 5.97 Å². The van der Waals surface area contributed by atoms with Crippen LogP contribution in [-0.4, -0.2) is 57.1 Å². The molecule has 4 amide bonds. The van der Waals surface area contributed by atoms with E-state index >= 15 is 0 Å². The highest BCUT2D eigenvalue weighted by atomic mass is 16.4. The van der Waals surface area contributed by atoms with Crippen LogP contribution in [0.1, 0.15) is 32.1 Å². The lowest BCUT2D eigenvalue weighted by Crippen LogP contribution is -2.46. The predicted molar refractivity (Wildman–Crippen MR) is 109 cm³/mol. The van der Waals surface area contributed by atoms with Crippen molar-refractivity contribution in [1.29, 1.82) is 0 Å². The smallest absolute Gasteiger partial charge is 0.326 e. The van der Waals surface area contributed by atoms with E-state index in [0.29, 0.717) is 12.8 Å². The van der Waals surface area contributed by atoms with Crippen molar-refractivity contribution in [3.8, 4) is 0 Å². The van der Waals surface area contributed by atoms with Crippen LogP contribution in [0.2, 0.25) is 0 Å². The molecule has 0 aromatic carbocycles. The molecule has 0 spiro atoms. The van der Waals surface area contributed by atoms with Gasteiger partial charge in [-0.15, -0.1) is 0 Å². The number of carbonyl (C=O) groups excluding carboxylic acids is 4. The molecule has 6 aliphatic rings. The quantitative estimate of drug-likeness (QED) is 0.363. The van der Waals surface area contributed by atoms with E-state index in [0.717, 1.165) is 17.7 Å². The summed E-state index contributed by atoms with van der Waals surface area (Å²) in [5.74, 6) is -2.98. The van der Waals surface area contributed by atoms with Crippen LogP contribution < -0.4 is 0 Å². The molecule has 2 aliphatic heterocycles. The average molecular weight is 438 g/mol. The highest BCUT2D eigenvalue weighted by molar-refractivity contribution is 6.09. The van der Waals surface area contributed by atoms with Crippen LogP contribution in [-0.2, 0) is 24.0 Å². The van der Waals surface area contributed by atoms with Gasteiger partial charge in [-0.25, -0.2) is 4.79 Å². The largest absolute Gasteiger partial charge is 0.480 e. The minimum Gasteiger partial charge on any atom is -0.480 e. The van der Waals surface area contributed by atoms with Crippen molar-refractivity contribution in [3.05, 3.63) is 24.3 Å². The van der Waals surface area contributed by atoms with E-state index in [-0.39, 0.29) is 72.1 Å². The van der Waals surface area contributed by atoms with Gasteiger partial charge in [0.2, 0.25) is 23.6 Å². The number of aliphatic carboxylic acids is 1. The summed E-state index contributed by atoms with van der Waals surface area (Å²) in [5, 5.41) is 9.76. The lowest BCUT2D eigenvalue weighted by atomic mass is 9.85. The fourth-order valence-corrected chi connectivity index (χ4v) is 7.39. The Morgan fingerprint density at radius 3 is 1.66 bits per heavy atom. The molecule has 6 rings (SSSR count). The van der Waals surface area contributed by atoms with Crippen LogP contribution >= 0.6 is 0 Å². The van der Waals surface area contributed by atoms with Crippen LogP contribution in [0, 0.1) is 47.3 Å². The first-order chi connectivity index (χ1) is 15.4. The second kappa shape index (κ2) is 6.86. The van der Waals surface area contributed by atoms with Crippen molar-refractivity contribution in [2.24, 2.45) is 47.3 Å². The maximum atomic E-state index is 12.9. The number of hydrogen-bond acceptors (Lipinski definition) is 5. The summed E-state index contributed by atoms with van der Waals surface area (Å²) in [6, 6.07) is -1.19. The maximum absolute atomic E-state index is 12.9. The molecule has 9 atom stereocenters. The summed E-state index contributed by atoms with van der Waals surface area (Å²) in [5.41, 5.74) is 0. The predicted octanol–water partition coefficient (Wildman–Crippen LogP) is 1.22. The van der Waals surface area contributed by atoms with Gasteiger partial charge < -0.3 is 5.11 Å². The summed E-state index contributed by atoms with van der Waals surface area (Å²) in [6.45, 7) is 0.262. The molecular weight excluding hydrogens is 412 g/mol. The molecule has 0 unspecified atom stereocenters. The first-order valence-corrected chi connectivity index (χ1v) is 11.7. The molecule has 1 N–H and O–H groups in total.